The van der Waals surface area contributed by atoms with Gasteiger partial charge in [0.25, 0.3) is 11.5 Å². The third-order valence-corrected chi connectivity index (χ3v) is 11.8. The number of aromatic nitrogens is 1. The van der Waals surface area contributed by atoms with Crippen molar-refractivity contribution in [2.75, 3.05) is 32.7 Å². The molecule has 8 heteroatoms. The summed E-state index contributed by atoms with van der Waals surface area (Å²) < 4.78 is 1.61. The predicted molar refractivity (Wildman–Crippen MR) is 152 cm³/mol. The van der Waals surface area contributed by atoms with Gasteiger partial charge in [0.1, 0.15) is 0 Å². The van der Waals surface area contributed by atoms with Gasteiger partial charge in [0.05, 0.1) is 23.2 Å². The van der Waals surface area contributed by atoms with Crippen molar-refractivity contribution in [1.29, 1.82) is 0 Å². The number of amides is 2. The molecule has 2 saturated heterocycles. The Morgan fingerprint density at radius 2 is 1.88 bits per heavy atom. The van der Waals surface area contributed by atoms with Gasteiger partial charge in [-0.05, 0) is 62.3 Å². The van der Waals surface area contributed by atoms with Crippen LogP contribution in [0.15, 0.2) is 17.1 Å². The van der Waals surface area contributed by atoms with Crippen LogP contribution in [-0.2, 0) is 11.3 Å². The summed E-state index contributed by atoms with van der Waals surface area (Å²) in [7, 11) is 0. The highest BCUT2D eigenvalue weighted by Crippen LogP contribution is 2.57. The highest BCUT2D eigenvalue weighted by molar-refractivity contribution is 5.96. The molecule has 4 heterocycles. The minimum Gasteiger partial charge on any atom is -0.387 e. The molecule has 218 valence electrons. The second-order valence-electron chi connectivity index (χ2n) is 14.4. The Kier molecular flexibility index (Phi) is 6.46. The molecule has 1 aromatic rings. The van der Waals surface area contributed by atoms with Gasteiger partial charge in [-0.25, -0.2) is 0 Å². The summed E-state index contributed by atoms with van der Waals surface area (Å²) in [6, 6.07) is 1.67. The molecule has 0 radical (unpaired) electrons. The molecule has 2 amide bonds. The maximum atomic E-state index is 14.3. The Labute approximate surface area is 237 Å². The van der Waals surface area contributed by atoms with Gasteiger partial charge in [-0.2, -0.15) is 0 Å². The normalized spacial score (nSPS) is 35.2. The maximum absolute atomic E-state index is 14.3. The van der Waals surface area contributed by atoms with Crippen molar-refractivity contribution in [1.82, 2.24) is 19.7 Å². The van der Waals surface area contributed by atoms with E-state index >= 15 is 0 Å². The summed E-state index contributed by atoms with van der Waals surface area (Å²) in [5.74, 6) is 1.16. The van der Waals surface area contributed by atoms with Gasteiger partial charge in [-0.15, -0.1) is 0 Å². The summed E-state index contributed by atoms with van der Waals surface area (Å²) in [4.78, 5) is 45.6. The standard InChI is InChI=1S/C32H46N4O4/c1-22(15-23-5-3-2-4-6-23)28(38)34-13-11-32(40)21-35-17-26(25(16-27(35)37)24-7-8-24)29(39)36-14-12-33-19-31(36)10-9-30(32,18-31)20-34/h16-17,22-24,33,40H,2-15,18-21H2,1H3/t22-,30?,31?,32-/m1/s1. The second kappa shape index (κ2) is 9.69. The summed E-state index contributed by atoms with van der Waals surface area (Å²) >= 11 is 0. The number of hydrogen-bond donors (Lipinski definition) is 2. The fourth-order valence-electron chi connectivity index (χ4n) is 9.35. The largest absolute Gasteiger partial charge is 0.387 e. The van der Waals surface area contributed by atoms with Crippen molar-refractivity contribution in [2.45, 2.75) is 108 Å². The van der Waals surface area contributed by atoms with Crippen LogP contribution < -0.4 is 10.9 Å². The first-order valence-electron chi connectivity index (χ1n) is 16.0. The summed E-state index contributed by atoms with van der Waals surface area (Å²) in [6.07, 6.45) is 13.8. The third kappa shape index (κ3) is 4.27. The Hall–Kier alpha value is -2.19. The highest BCUT2D eigenvalue weighted by atomic mass is 16.3. The number of nitrogens with zero attached hydrogens (tertiary/aromatic N) is 3. The average molecular weight is 551 g/mol. The molecule has 7 rings (SSSR count). The Balaban J connectivity index is 1.24. The molecular weight excluding hydrogens is 504 g/mol. The molecular formula is C32H46N4O4. The summed E-state index contributed by atoms with van der Waals surface area (Å²) in [6.45, 7) is 5.36. The van der Waals surface area contributed by atoms with E-state index in [4.69, 9.17) is 0 Å². The first-order chi connectivity index (χ1) is 19.2. The monoisotopic (exact) mass is 550 g/mol. The topological polar surface area (TPSA) is 94.9 Å². The molecule has 40 heavy (non-hydrogen) atoms. The van der Waals surface area contributed by atoms with Crippen molar-refractivity contribution in [3.05, 3.63) is 33.7 Å². The minimum atomic E-state index is -1.12. The van der Waals surface area contributed by atoms with Crippen LogP contribution in [0.1, 0.15) is 106 Å². The number of likely N-dealkylation sites (tertiary alicyclic amines) is 1. The molecule has 4 bridgehead atoms. The van der Waals surface area contributed by atoms with Gasteiger partial charge in [0.2, 0.25) is 5.91 Å². The smallest absolute Gasteiger partial charge is 0.256 e. The number of rotatable bonds is 4. The average Bonchev–Trinajstić information content (AvgIpc) is 3.74. The Morgan fingerprint density at radius 3 is 2.65 bits per heavy atom. The van der Waals surface area contributed by atoms with Gasteiger partial charge in [-0.3, -0.25) is 14.4 Å². The van der Waals surface area contributed by atoms with Crippen LogP contribution in [0, 0.1) is 17.3 Å². The van der Waals surface area contributed by atoms with E-state index in [1.807, 2.05) is 4.90 Å². The SMILES string of the molecule is C[C@H](CC1CCCCC1)C(=O)N1CC[C@@]2(O)Cn3cc(c(C4CC4)cc3=O)C(=O)N3CCNCC34CCC2(C1)C4. The van der Waals surface area contributed by atoms with Crippen LogP contribution in [0.2, 0.25) is 0 Å². The fourth-order valence-corrected chi connectivity index (χ4v) is 9.35. The molecule has 5 fully saturated rings. The van der Waals surface area contributed by atoms with Crippen LogP contribution in [0.3, 0.4) is 0 Å². The Bertz CT molecular complexity index is 1250. The van der Waals surface area contributed by atoms with E-state index in [2.05, 4.69) is 17.1 Å². The number of fused-ring (bicyclic) bond motifs is 2. The van der Waals surface area contributed by atoms with E-state index in [1.165, 1.54) is 32.1 Å². The van der Waals surface area contributed by atoms with E-state index < -0.39 is 11.0 Å². The molecule has 8 nitrogen and oxygen atoms in total. The lowest BCUT2D eigenvalue weighted by Gasteiger charge is -2.55. The summed E-state index contributed by atoms with van der Waals surface area (Å²) in [5.41, 5.74) is -0.658. The van der Waals surface area contributed by atoms with Crippen molar-refractivity contribution >= 4 is 11.8 Å². The molecule has 6 aliphatic rings. The number of piperazine rings is 1. The van der Waals surface area contributed by atoms with Gasteiger partial charge in [0.15, 0.2) is 0 Å². The van der Waals surface area contributed by atoms with Crippen LogP contribution >= 0.6 is 0 Å². The highest BCUT2D eigenvalue weighted by Gasteiger charge is 2.64. The molecule has 0 aromatic carbocycles. The first kappa shape index (κ1) is 26.7. The van der Waals surface area contributed by atoms with Crippen LogP contribution in [0.5, 0.6) is 0 Å². The summed E-state index contributed by atoms with van der Waals surface area (Å²) in [5, 5.41) is 16.1. The molecule has 1 aromatic heterocycles. The number of pyridine rings is 1. The lowest BCUT2D eigenvalue weighted by atomic mass is 9.64. The zero-order valence-electron chi connectivity index (χ0n) is 24.1. The fraction of sp³-hybridized carbons (Fsp3) is 0.781. The lowest BCUT2D eigenvalue weighted by molar-refractivity contribution is -0.166. The van der Waals surface area contributed by atoms with Crippen molar-refractivity contribution in [3.63, 3.8) is 0 Å². The van der Waals surface area contributed by atoms with Gasteiger partial charge >= 0.3 is 0 Å². The zero-order chi connectivity index (χ0) is 27.7. The number of carbonyl (C=O) groups is 2. The molecule has 3 aliphatic heterocycles. The lowest BCUT2D eigenvalue weighted by Crippen LogP contribution is -2.67. The number of aliphatic hydroxyl groups is 1. The number of nitrogens with one attached hydrogen (secondary N) is 1. The van der Waals surface area contributed by atoms with Gasteiger partial charge in [0, 0.05) is 56.3 Å². The minimum absolute atomic E-state index is 0.0184. The van der Waals surface area contributed by atoms with Gasteiger partial charge in [-0.1, -0.05) is 39.0 Å². The van der Waals surface area contributed by atoms with Crippen LogP contribution in [-0.4, -0.2) is 75.2 Å². The maximum Gasteiger partial charge on any atom is 0.256 e. The van der Waals surface area contributed by atoms with E-state index in [1.54, 1.807) is 16.8 Å². The van der Waals surface area contributed by atoms with E-state index in [0.717, 1.165) is 44.2 Å². The quantitative estimate of drug-likeness (QED) is 0.600. The number of hydrogen-bond acceptors (Lipinski definition) is 5. The van der Waals surface area contributed by atoms with E-state index in [9.17, 15) is 19.5 Å². The van der Waals surface area contributed by atoms with E-state index in [-0.39, 0.29) is 35.4 Å². The molecule has 4 atom stereocenters. The Morgan fingerprint density at radius 1 is 1.07 bits per heavy atom. The van der Waals surface area contributed by atoms with Crippen molar-refractivity contribution < 1.29 is 14.7 Å². The second-order valence-corrected chi connectivity index (χ2v) is 14.4. The van der Waals surface area contributed by atoms with Crippen molar-refractivity contribution in [2.24, 2.45) is 17.3 Å². The van der Waals surface area contributed by atoms with Crippen LogP contribution in [0.4, 0.5) is 0 Å². The molecule has 3 saturated carbocycles. The third-order valence-electron chi connectivity index (χ3n) is 11.8. The molecule has 2 unspecified atom stereocenters. The molecule has 3 aliphatic carbocycles. The molecule has 2 N–H and O–H groups in total. The number of piperidine rings is 1. The number of carbonyl (C=O) groups excluding carboxylic acids is 2. The predicted octanol–water partition coefficient (Wildman–Crippen LogP) is 3.26. The zero-order valence-corrected chi connectivity index (χ0v) is 24.1. The van der Waals surface area contributed by atoms with Crippen molar-refractivity contribution in [3.8, 4) is 0 Å². The van der Waals surface area contributed by atoms with Crippen LogP contribution in [0.25, 0.3) is 0 Å². The molecule has 2 spiro atoms. The first-order valence-corrected chi connectivity index (χ1v) is 16.0. The van der Waals surface area contributed by atoms with Gasteiger partial charge < -0.3 is 24.8 Å². The van der Waals surface area contributed by atoms with E-state index in [0.29, 0.717) is 56.4 Å².